The Kier molecular flexibility index (Phi) is 4.42. The molecule has 2 rings (SSSR count). The zero-order valence-corrected chi connectivity index (χ0v) is 12.3. The maximum absolute atomic E-state index is 11.2. The van der Waals surface area contributed by atoms with Crippen molar-refractivity contribution in [3.05, 3.63) is 63.6 Å². The molecule has 0 saturated heterocycles. The average Bonchev–Trinajstić information content (AvgIpc) is 2.46. The molecule has 0 aliphatic heterocycles. The molecule has 1 unspecified atom stereocenters. The Morgan fingerprint density at radius 3 is 2.55 bits per heavy atom. The molecule has 2 N–H and O–H groups in total. The summed E-state index contributed by atoms with van der Waals surface area (Å²) in [5.74, 6) is -0.575. The van der Waals surface area contributed by atoms with E-state index in [0.717, 1.165) is 4.47 Å². The Bertz CT molecular complexity index is 640. The first-order valence-electron chi connectivity index (χ1n) is 5.88. The highest BCUT2D eigenvalue weighted by atomic mass is 79.9. The number of rotatable bonds is 4. The van der Waals surface area contributed by atoms with E-state index in [1.54, 1.807) is 36.4 Å². The van der Waals surface area contributed by atoms with Gasteiger partial charge in [0.15, 0.2) is 0 Å². The first kappa shape index (κ1) is 14.6. The first-order valence-corrected chi connectivity index (χ1v) is 6.67. The number of ether oxygens (including phenoxy) is 1. The van der Waals surface area contributed by atoms with Crippen LogP contribution in [0.3, 0.4) is 0 Å². The molecule has 0 bridgehead atoms. The number of carboxylic acid groups (broad SMARTS) is 1. The van der Waals surface area contributed by atoms with Crippen molar-refractivity contribution in [3.8, 4) is 5.75 Å². The summed E-state index contributed by atoms with van der Waals surface area (Å²) in [7, 11) is 1.50. The van der Waals surface area contributed by atoms with E-state index in [9.17, 15) is 15.0 Å². The molecule has 0 aliphatic rings. The Hall–Kier alpha value is -1.85. The van der Waals surface area contributed by atoms with Crippen LogP contribution in [0.1, 0.15) is 27.6 Å². The number of carboxylic acids is 1. The number of aliphatic hydroxyl groups is 1. The van der Waals surface area contributed by atoms with Crippen molar-refractivity contribution in [2.45, 2.75) is 6.10 Å². The zero-order chi connectivity index (χ0) is 14.7. The molecule has 0 aliphatic carbocycles. The van der Waals surface area contributed by atoms with Crippen LogP contribution in [0.2, 0.25) is 0 Å². The Morgan fingerprint density at radius 2 is 1.90 bits per heavy atom. The van der Waals surface area contributed by atoms with E-state index in [2.05, 4.69) is 15.9 Å². The van der Waals surface area contributed by atoms with Gasteiger partial charge in [0.2, 0.25) is 0 Å². The lowest BCUT2D eigenvalue weighted by Gasteiger charge is -2.17. The second-order valence-electron chi connectivity index (χ2n) is 4.18. The van der Waals surface area contributed by atoms with Crippen molar-refractivity contribution < 1.29 is 19.7 Å². The number of aliphatic hydroxyl groups excluding tert-OH is 1. The summed E-state index contributed by atoms with van der Waals surface area (Å²) in [4.78, 5) is 11.2. The van der Waals surface area contributed by atoms with Gasteiger partial charge in [-0.1, -0.05) is 34.1 Å². The summed E-state index contributed by atoms with van der Waals surface area (Å²) in [6.07, 6.45) is -1.07. The van der Waals surface area contributed by atoms with Gasteiger partial charge in [-0.05, 0) is 29.8 Å². The third-order valence-corrected chi connectivity index (χ3v) is 3.47. The highest BCUT2D eigenvalue weighted by molar-refractivity contribution is 9.10. The summed E-state index contributed by atoms with van der Waals surface area (Å²) < 4.78 is 5.99. The van der Waals surface area contributed by atoms with Gasteiger partial charge in [0, 0.05) is 10.0 Å². The molecule has 2 aromatic rings. The minimum absolute atomic E-state index is 0.0713. The van der Waals surface area contributed by atoms with E-state index in [4.69, 9.17) is 4.74 Å². The van der Waals surface area contributed by atoms with E-state index in [0.29, 0.717) is 16.9 Å². The Morgan fingerprint density at radius 1 is 1.20 bits per heavy atom. The third kappa shape index (κ3) is 2.84. The fourth-order valence-electron chi connectivity index (χ4n) is 2.02. The van der Waals surface area contributed by atoms with Crippen molar-refractivity contribution in [1.29, 1.82) is 0 Å². The van der Waals surface area contributed by atoms with Crippen LogP contribution < -0.4 is 4.74 Å². The SMILES string of the molecule is COc1ccc(Br)cc1C(O)c1ccccc1C(=O)O. The van der Waals surface area contributed by atoms with Gasteiger partial charge in [0.25, 0.3) is 0 Å². The fourth-order valence-corrected chi connectivity index (χ4v) is 2.40. The maximum Gasteiger partial charge on any atom is 0.336 e. The molecule has 0 spiro atoms. The Labute approximate surface area is 124 Å². The number of halogens is 1. The molecule has 4 nitrogen and oxygen atoms in total. The van der Waals surface area contributed by atoms with Crippen LogP contribution >= 0.6 is 15.9 Å². The normalized spacial score (nSPS) is 11.9. The van der Waals surface area contributed by atoms with Crippen LogP contribution in [0.4, 0.5) is 0 Å². The van der Waals surface area contributed by atoms with Crippen molar-refractivity contribution in [2.75, 3.05) is 7.11 Å². The topological polar surface area (TPSA) is 66.8 Å². The van der Waals surface area contributed by atoms with Gasteiger partial charge in [-0.25, -0.2) is 4.79 Å². The van der Waals surface area contributed by atoms with Gasteiger partial charge < -0.3 is 14.9 Å². The second-order valence-corrected chi connectivity index (χ2v) is 5.10. The maximum atomic E-state index is 11.2. The minimum atomic E-state index is -1.08. The number of benzene rings is 2. The smallest absolute Gasteiger partial charge is 0.336 e. The molecule has 0 radical (unpaired) electrons. The van der Waals surface area contributed by atoms with Crippen molar-refractivity contribution in [2.24, 2.45) is 0 Å². The molecule has 0 saturated carbocycles. The van der Waals surface area contributed by atoms with Gasteiger partial charge in [-0.2, -0.15) is 0 Å². The second kappa shape index (κ2) is 6.07. The van der Waals surface area contributed by atoms with E-state index in [1.165, 1.54) is 13.2 Å². The number of hydrogen-bond acceptors (Lipinski definition) is 3. The molecule has 20 heavy (non-hydrogen) atoms. The highest BCUT2D eigenvalue weighted by Crippen LogP contribution is 2.33. The first-order chi connectivity index (χ1) is 9.54. The fraction of sp³-hybridized carbons (Fsp3) is 0.133. The van der Waals surface area contributed by atoms with Crippen molar-refractivity contribution in [1.82, 2.24) is 0 Å². The van der Waals surface area contributed by atoms with Gasteiger partial charge in [-0.15, -0.1) is 0 Å². The van der Waals surface area contributed by atoms with Gasteiger partial charge in [0.1, 0.15) is 11.9 Å². The summed E-state index contributed by atoms with van der Waals surface area (Å²) in [6, 6.07) is 11.6. The standard InChI is InChI=1S/C15H13BrO4/c1-20-13-7-6-9(16)8-12(13)14(17)10-4-2-3-5-11(10)15(18)19/h2-8,14,17H,1H3,(H,18,19). The molecule has 0 amide bonds. The summed E-state index contributed by atoms with van der Waals surface area (Å²) >= 11 is 3.33. The highest BCUT2D eigenvalue weighted by Gasteiger charge is 2.21. The molecule has 5 heteroatoms. The summed E-state index contributed by atoms with van der Waals surface area (Å²) in [6.45, 7) is 0. The molecule has 104 valence electrons. The van der Waals surface area contributed by atoms with E-state index in [-0.39, 0.29) is 5.56 Å². The van der Waals surface area contributed by atoms with Crippen LogP contribution in [-0.2, 0) is 0 Å². The van der Waals surface area contributed by atoms with Crippen molar-refractivity contribution in [3.63, 3.8) is 0 Å². The van der Waals surface area contributed by atoms with Gasteiger partial charge >= 0.3 is 5.97 Å². The predicted octanol–water partition coefficient (Wildman–Crippen LogP) is 3.24. The monoisotopic (exact) mass is 336 g/mol. The molecule has 0 aromatic heterocycles. The number of carbonyl (C=O) groups is 1. The third-order valence-electron chi connectivity index (χ3n) is 2.97. The van der Waals surface area contributed by atoms with Crippen LogP contribution in [0, 0.1) is 0 Å². The lowest BCUT2D eigenvalue weighted by Crippen LogP contribution is -2.09. The molecule has 1 atom stereocenters. The van der Waals surface area contributed by atoms with Crippen molar-refractivity contribution >= 4 is 21.9 Å². The van der Waals surface area contributed by atoms with Crippen LogP contribution in [-0.4, -0.2) is 23.3 Å². The van der Waals surface area contributed by atoms with Gasteiger partial charge in [0.05, 0.1) is 12.7 Å². The quantitative estimate of drug-likeness (QED) is 0.899. The van der Waals surface area contributed by atoms with Crippen LogP contribution in [0.15, 0.2) is 46.9 Å². The molecular formula is C15H13BrO4. The number of hydrogen-bond donors (Lipinski definition) is 2. The van der Waals surface area contributed by atoms with E-state index in [1.807, 2.05) is 0 Å². The van der Waals surface area contributed by atoms with Crippen LogP contribution in [0.25, 0.3) is 0 Å². The molecular weight excluding hydrogens is 324 g/mol. The molecule has 2 aromatic carbocycles. The number of aromatic carboxylic acids is 1. The van der Waals surface area contributed by atoms with E-state index >= 15 is 0 Å². The predicted molar refractivity (Wildman–Crippen MR) is 78.2 cm³/mol. The summed E-state index contributed by atoms with van der Waals surface area (Å²) in [5.41, 5.74) is 0.911. The molecule has 0 fully saturated rings. The van der Waals surface area contributed by atoms with E-state index < -0.39 is 12.1 Å². The largest absolute Gasteiger partial charge is 0.496 e. The molecule has 0 heterocycles. The minimum Gasteiger partial charge on any atom is -0.496 e. The average molecular weight is 337 g/mol. The van der Waals surface area contributed by atoms with Gasteiger partial charge in [-0.3, -0.25) is 0 Å². The summed E-state index contributed by atoms with van der Waals surface area (Å²) in [5, 5.41) is 19.7. The zero-order valence-electron chi connectivity index (χ0n) is 10.7. The number of methoxy groups -OCH3 is 1. The Balaban J connectivity index is 2.54. The van der Waals surface area contributed by atoms with Crippen LogP contribution in [0.5, 0.6) is 5.75 Å². The lowest BCUT2D eigenvalue weighted by atomic mass is 9.96. The lowest BCUT2D eigenvalue weighted by molar-refractivity contribution is 0.0691.